The van der Waals surface area contributed by atoms with Crippen LogP contribution in [0.3, 0.4) is 0 Å². The number of nitrogens with zero attached hydrogens (tertiary/aromatic N) is 2. The molecule has 0 spiro atoms. The first-order chi connectivity index (χ1) is 9.42. The Hall–Kier alpha value is -1.38. The number of aromatic nitrogens is 2. The van der Waals surface area contributed by atoms with Crippen molar-refractivity contribution < 1.29 is 13.2 Å². The Bertz CT molecular complexity index is 712. The molecule has 20 heavy (non-hydrogen) atoms. The SMILES string of the molecule is COc1ccc(Br)cc1S(=O)(=O)NCc1cnn(C)c1. The Labute approximate surface area is 125 Å². The topological polar surface area (TPSA) is 73.2 Å². The van der Waals surface area contributed by atoms with Crippen molar-refractivity contribution in [3.63, 3.8) is 0 Å². The zero-order chi connectivity index (χ0) is 14.8. The van der Waals surface area contributed by atoms with E-state index in [1.807, 2.05) is 0 Å². The predicted octanol–water partition coefficient (Wildman–Crippen LogP) is 1.67. The highest BCUT2D eigenvalue weighted by atomic mass is 79.9. The summed E-state index contributed by atoms with van der Waals surface area (Å²) in [7, 11) is -0.449. The quantitative estimate of drug-likeness (QED) is 0.881. The third-order valence-electron chi connectivity index (χ3n) is 2.64. The molecule has 0 fully saturated rings. The fourth-order valence-electron chi connectivity index (χ4n) is 1.68. The number of benzene rings is 1. The van der Waals surface area contributed by atoms with Gasteiger partial charge in [0, 0.05) is 29.8 Å². The van der Waals surface area contributed by atoms with Gasteiger partial charge in [-0.1, -0.05) is 15.9 Å². The van der Waals surface area contributed by atoms with Crippen LogP contribution >= 0.6 is 15.9 Å². The van der Waals surface area contributed by atoms with Gasteiger partial charge in [-0.2, -0.15) is 5.10 Å². The van der Waals surface area contributed by atoms with Gasteiger partial charge in [-0.15, -0.1) is 0 Å². The van der Waals surface area contributed by atoms with E-state index in [2.05, 4.69) is 25.8 Å². The van der Waals surface area contributed by atoms with E-state index in [0.717, 1.165) is 5.56 Å². The van der Waals surface area contributed by atoms with E-state index >= 15 is 0 Å². The fourth-order valence-corrected chi connectivity index (χ4v) is 3.40. The average molecular weight is 360 g/mol. The van der Waals surface area contributed by atoms with Gasteiger partial charge in [0.2, 0.25) is 10.0 Å². The molecule has 0 amide bonds. The standard InChI is InChI=1S/C12H14BrN3O3S/c1-16-8-9(6-14-16)7-15-20(17,18)12-5-10(13)3-4-11(12)19-2/h3-6,8,15H,7H2,1-2H3. The number of methoxy groups -OCH3 is 1. The molecule has 1 heterocycles. The van der Waals surface area contributed by atoms with Gasteiger partial charge < -0.3 is 4.74 Å². The molecule has 0 bridgehead atoms. The number of halogens is 1. The molecule has 1 aromatic carbocycles. The number of rotatable bonds is 5. The summed E-state index contributed by atoms with van der Waals surface area (Å²) in [6.07, 6.45) is 3.36. The molecule has 0 atom stereocenters. The van der Waals surface area contributed by atoms with Gasteiger partial charge in [0.05, 0.1) is 13.3 Å². The number of hydrogen-bond donors (Lipinski definition) is 1. The lowest BCUT2D eigenvalue weighted by atomic mass is 10.3. The highest BCUT2D eigenvalue weighted by Crippen LogP contribution is 2.27. The summed E-state index contributed by atoms with van der Waals surface area (Å²) in [5.41, 5.74) is 0.782. The van der Waals surface area contributed by atoms with Gasteiger partial charge >= 0.3 is 0 Å². The molecule has 0 unspecified atom stereocenters. The normalized spacial score (nSPS) is 11.6. The molecule has 108 valence electrons. The number of hydrogen-bond acceptors (Lipinski definition) is 4. The summed E-state index contributed by atoms with van der Waals surface area (Å²) < 4.78 is 34.5. The molecule has 1 N–H and O–H groups in total. The van der Waals surface area contributed by atoms with Gasteiger partial charge in [-0.3, -0.25) is 4.68 Å². The minimum atomic E-state index is -3.66. The summed E-state index contributed by atoms with van der Waals surface area (Å²) in [5.74, 6) is 0.298. The minimum absolute atomic E-state index is 0.0956. The van der Waals surface area contributed by atoms with Crippen molar-refractivity contribution >= 4 is 26.0 Å². The third-order valence-corrected chi connectivity index (χ3v) is 4.56. The molecule has 0 aliphatic rings. The van der Waals surface area contributed by atoms with Crippen molar-refractivity contribution in [3.8, 4) is 5.75 Å². The first kappa shape index (κ1) is 15.0. The Morgan fingerprint density at radius 2 is 2.20 bits per heavy atom. The van der Waals surface area contributed by atoms with Crippen molar-refractivity contribution in [3.05, 3.63) is 40.6 Å². The van der Waals surface area contributed by atoms with Crippen LogP contribution in [0.2, 0.25) is 0 Å². The molecule has 0 radical (unpaired) electrons. The predicted molar refractivity (Wildman–Crippen MR) is 77.9 cm³/mol. The van der Waals surface area contributed by atoms with Crippen LogP contribution in [0.25, 0.3) is 0 Å². The molecule has 6 nitrogen and oxygen atoms in total. The van der Waals surface area contributed by atoms with Crippen LogP contribution in [0.5, 0.6) is 5.75 Å². The second kappa shape index (κ2) is 5.94. The molecule has 0 saturated heterocycles. The lowest BCUT2D eigenvalue weighted by Gasteiger charge is -2.10. The smallest absolute Gasteiger partial charge is 0.244 e. The van der Waals surface area contributed by atoms with Crippen molar-refractivity contribution in [1.82, 2.24) is 14.5 Å². The summed E-state index contributed by atoms with van der Waals surface area (Å²) in [5, 5.41) is 3.99. The maximum atomic E-state index is 12.3. The summed E-state index contributed by atoms with van der Waals surface area (Å²) in [4.78, 5) is 0.0956. The maximum absolute atomic E-state index is 12.3. The number of sulfonamides is 1. The van der Waals surface area contributed by atoms with Gasteiger partial charge in [0.15, 0.2) is 0 Å². The lowest BCUT2D eigenvalue weighted by molar-refractivity contribution is 0.402. The molecule has 2 rings (SSSR count). The summed E-state index contributed by atoms with van der Waals surface area (Å²) >= 11 is 3.26. The fraction of sp³-hybridized carbons (Fsp3) is 0.250. The monoisotopic (exact) mass is 359 g/mol. The van der Waals surface area contributed by atoms with Gasteiger partial charge in [0.1, 0.15) is 10.6 Å². The van der Waals surface area contributed by atoms with E-state index < -0.39 is 10.0 Å². The highest BCUT2D eigenvalue weighted by molar-refractivity contribution is 9.10. The lowest BCUT2D eigenvalue weighted by Crippen LogP contribution is -2.23. The Morgan fingerprint density at radius 1 is 1.45 bits per heavy atom. The second-order valence-corrected chi connectivity index (χ2v) is 6.79. The van der Waals surface area contributed by atoms with E-state index in [9.17, 15) is 8.42 Å². The molecule has 0 saturated carbocycles. The first-order valence-electron chi connectivity index (χ1n) is 5.73. The van der Waals surface area contributed by atoms with E-state index in [4.69, 9.17) is 4.74 Å². The van der Waals surface area contributed by atoms with Crippen LogP contribution < -0.4 is 9.46 Å². The molecule has 8 heteroatoms. The van der Waals surface area contributed by atoms with Crippen molar-refractivity contribution in [2.24, 2.45) is 7.05 Å². The van der Waals surface area contributed by atoms with Crippen LogP contribution in [0, 0.1) is 0 Å². The molecule has 0 aliphatic heterocycles. The van der Waals surface area contributed by atoms with Crippen LogP contribution in [0.4, 0.5) is 0 Å². The average Bonchev–Trinajstić information content (AvgIpc) is 2.82. The van der Waals surface area contributed by atoms with Crippen LogP contribution in [0.1, 0.15) is 5.56 Å². The third kappa shape index (κ3) is 3.38. The first-order valence-corrected chi connectivity index (χ1v) is 8.01. The Kier molecular flexibility index (Phi) is 4.46. The number of ether oxygens (including phenoxy) is 1. The van der Waals surface area contributed by atoms with Crippen LogP contribution in [0.15, 0.2) is 40.0 Å². The van der Waals surface area contributed by atoms with Crippen LogP contribution in [-0.4, -0.2) is 25.3 Å². The molecule has 1 aromatic heterocycles. The molecular formula is C12H14BrN3O3S. The summed E-state index contributed by atoms with van der Waals surface area (Å²) in [6.45, 7) is 0.172. The minimum Gasteiger partial charge on any atom is -0.495 e. The van der Waals surface area contributed by atoms with Crippen molar-refractivity contribution in [2.75, 3.05) is 7.11 Å². The largest absolute Gasteiger partial charge is 0.495 e. The van der Waals surface area contributed by atoms with Gasteiger partial charge in [0.25, 0.3) is 0 Å². The van der Waals surface area contributed by atoms with E-state index in [1.165, 1.54) is 13.2 Å². The summed E-state index contributed by atoms with van der Waals surface area (Å²) in [6, 6.07) is 4.83. The Morgan fingerprint density at radius 3 is 2.80 bits per heavy atom. The van der Waals surface area contributed by atoms with E-state index in [0.29, 0.717) is 10.2 Å². The van der Waals surface area contributed by atoms with Crippen molar-refractivity contribution in [2.45, 2.75) is 11.4 Å². The highest BCUT2D eigenvalue weighted by Gasteiger charge is 2.19. The van der Waals surface area contributed by atoms with E-state index in [1.54, 1.807) is 36.3 Å². The van der Waals surface area contributed by atoms with Crippen LogP contribution in [-0.2, 0) is 23.6 Å². The molecule has 2 aromatic rings. The number of nitrogens with one attached hydrogen (secondary N) is 1. The molecular weight excluding hydrogens is 346 g/mol. The second-order valence-electron chi connectivity index (χ2n) is 4.14. The zero-order valence-corrected chi connectivity index (χ0v) is 13.4. The number of aryl methyl sites for hydroxylation is 1. The Balaban J connectivity index is 2.24. The van der Waals surface area contributed by atoms with Gasteiger partial charge in [-0.05, 0) is 18.2 Å². The van der Waals surface area contributed by atoms with Crippen molar-refractivity contribution in [1.29, 1.82) is 0 Å². The van der Waals surface area contributed by atoms with Gasteiger partial charge in [-0.25, -0.2) is 13.1 Å². The van der Waals surface area contributed by atoms with E-state index in [-0.39, 0.29) is 11.4 Å². The maximum Gasteiger partial charge on any atom is 0.244 e. The molecule has 0 aliphatic carbocycles. The zero-order valence-electron chi connectivity index (χ0n) is 11.0.